The molecule has 0 aliphatic rings. The first-order valence-electron chi connectivity index (χ1n) is 12.3. The monoisotopic (exact) mass is 443 g/mol. The van der Waals surface area contributed by atoms with Crippen molar-refractivity contribution in [2.45, 2.75) is 26.7 Å². The van der Waals surface area contributed by atoms with Crippen molar-refractivity contribution in [2.24, 2.45) is 7.05 Å². The van der Waals surface area contributed by atoms with E-state index in [-0.39, 0.29) is 0 Å². The molecule has 0 saturated heterocycles. The van der Waals surface area contributed by atoms with Gasteiger partial charge in [0.15, 0.2) is 6.20 Å². The molecule has 0 N–H and O–H groups in total. The summed E-state index contributed by atoms with van der Waals surface area (Å²) in [7, 11) is 2.08. The minimum atomic E-state index is -0.606. The number of aromatic nitrogens is 1. The average molecular weight is 444 g/mol. The van der Waals surface area contributed by atoms with Gasteiger partial charge in [0.05, 0.1) is 5.56 Å². The van der Waals surface area contributed by atoms with Gasteiger partial charge in [-0.05, 0) is 51.9 Å². The summed E-state index contributed by atoms with van der Waals surface area (Å²) in [5.41, 5.74) is 8.55. The van der Waals surface area contributed by atoms with Crippen molar-refractivity contribution in [2.75, 3.05) is 0 Å². The molecule has 0 spiro atoms. The number of hydrogen-bond acceptors (Lipinski definition) is 1. The molecule has 0 aliphatic carbocycles. The molecular formula is C32H28NO+. The number of furan rings is 1. The second kappa shape index (κ2) is 7.85. The molecular weight excluding hydrogens is 414 g/mol. The first-order valence-corrected chi connectivity index (χ1v) is 11.8. The van der Waals surface area contributed by atoms with E-state index in [1.165, 1.54) is 21.7 Å². The lowest BCUT2D eigenvalue weighted by atomic mass is 9.96. The molecule has 0 bridgehead atoms. The molecule has 34 heavy (non-hydrogen) atoms. The third-order valence-corrected chi connectivity index (χ3v) is 6.94. The third kappa shape index (κ3) is 3.21. The fourth-order valence-electron chi connectivity index (χ4n) is 5.02. The molecule has 0 amide bonds. The van der Waals surface area contributed by atoms with Crippen LogP contribution < -0.4 is 4.57 Å². The Kier molecular flexibility index (Phi) is 4.51. The zero-order valence-electron chi connectivity index (χ0n) is 21.0. The van der Waals surface area contributed by atoms with Crippen LogP contribution in [0.3, 0.4) is 0 Å². The summed E-state index contributed by atoms with van der Waals surface area (Å²) < 4.78 is 17.0. The molecule has 0 fully saturated rings. The van der Waals surface area contributed by atoms with Crippen molar-refractivity contribution in [3.8, 4) is 22.4 Å². The van der Waals surface area contributed by atoms with Crippen LogP contribution in [-0.2, 0) is 7.05 Å². The predicted molar refractivity (Wildman–Crippen MR) is 142 cm³/mol. The van der Waals surface area contributed by atoms with Crippen LogP contribution in [0.4, 0.5) is 0 Å². The maximum atomic E-state index is 8.31. The summed E-state index contributed by atoms with van der Waals surface area (Å²) in [6.07, 6.45) is 2.11. The van der Waals surface area contributed by atoms with E-state index in [9.17, 15) is 0 Å². The van der Waals surface area contributed by atoms with Crippen molar-refractivity contribution < 1.29 is 10.4 Å². The van der Waals surface area contributed by atoms with Gasteiger partial charge in [-0.15, -0.1) is 0 Å². The molecule has 0 aliphatic heterocycles. The van der Waals surface area contributed by atoms with Gasteiger partial charge in [-0.2, -0.15) is 0 Å². The number of fused-ring (bicyclic) bond motifs is 5. The van der Waals surface area contributed by atoms with E-state index < -0.39 is 5.89 Å². The van der Waals surface area contributed by atoms with E-state index in [1.54, 1.807) is 0 Å². The number of benzene rings is 4. The Morgan fingerprint density at radius 1 is 0.824 bits per heavy atom. The maximum absolute atomic E-state index is 8.31. The molecule has 2 heterocycles. The Morgan fingerprint density at radius 3 is 2.41 bits per heavy atom. The Balaban J connectivity index is 1.58. The Morgan fingerprint density at radius 2 is 1.62 bits per heavy atom. The van der Waals surface area contributed by atoms with Crippen molar-refractivity contribution >= 4 is 32.7 Å². The fourth-order valence-corrected chi connectivity index (χ4v) is 5.02. The van der Waals surface area contributed by atoms with Gasteiger partial charge in [-0.1, -0.05) is 80.6 Å². The number of hydrogen-bond donors (Lipinski definition) is 0. The van der Waals surface area contributed by atoms with Gasteiger partial charge in [0.1, 0.15) is 18.2 Å². The maximum Gasteiger partial charge on any atom is 0.216 e. The van der Waals surface area contributed by atoms with Crippen LogP contribution in [0.2, 0.25) is 0 Å². The Hall–Kier alpha value is -3.91. The summed E-state index contributed by atoms with van der Waals surface area (Å²) in [5, 5.41) is 4.75. The number of pyridine rings is 1. The summed E-state index contributed by atoms with van der Waals surface area (Å²) in [6.45, 7) is 5.99. The standard InChI is InChI=1S/C32H28NO/c1-20(2)22-10-12-23(13-11-22)25-17-18-33(4)28(19-25)30-21(3)9-15-27-31-26-8-6-5-7-24(26)14-16-29(31)34-32(27)30/h5-20H,1-4H3/q+1/i20D. The van der Waals surface area contributed by atoms with Crippen LogP contribution in [0.5, 0.6) is 0 Å². The van der Waals surface area contributed by atoms with Crippen LogP contribution in [0.15, 0.2) is 95.5 Å². The summed E-state index contributed by atoms with van der Waals surface area (Å²) in [5.74, 6) is -0.606. The van der Waals surface area contributed by atoms with Crippen molar-refractivity contribution in [1.29, 1.82) is 0 Å². The molecule has 0 radical (unpaired) electrons. The smallest absolute Gasteiger partial charge is 0.216 e. The van der Waals surface area contributed by atoms with Gasteiger partial charge >= 0.3 is 0 Å². The van der Waals surface area contributed by atoms with Crippen LogP contribution >= 0.6 is 0 Å². The van der Waals surface area contributed by atoms with Gasteiger partial charge in [-0.3, -0.25) is 0 Å². The lowest BCUT2D eigenvalue weighted by molar-refractivity contribution is -0.660. The highest BCUT2D eigenvalue weighted by Crippen LogP contribution is 2.40. The lowest BCUT2D eigenvalue weighted by Gasteiger charge is -2.09. The highest BCUT2D eigenvalue weighted by atomic mass is 16.3. The van der Waals surface area contributed by atoms with E-state index >= 15 is 0 Å². The zero-order chi connectivity index (χ0) is 24.3. The van der Waals surface area contributed by atoms with E-state index in [4.69, 9.17) is 5.79 Å². The largest absolute Gasteiger partial charge is 0.455 e. The quantitative estimate of drug-likeness (QED) is 0.251. The van der Waals surface area contributed by atoms with E-state index in [0.29, 0.717) is 0 Å². The minimum Gasteiger partial charge on any atom is -0.455 e. The van der Waals surface area contributed by atoms with Crippen LogP contribution in [-0.4, -0.2) is 0 Å². The van der Waals surface area contributed by atoms with Crippen molar-refractivity contribution in [3.05, 3.63) is 102 Å². The van der Waals surface area contributed by atoms with Crippen molar-refractivity contribution in [1.82, 2.24) is 0 Å². The first kappa shape index (κ1) is 19.5. The van der Waals surface area contributed by atoms with Crippen LogP contribution in [0, 0.1) is 6.92 Å². The van der Waals surface area contributed by atoms with Crippen LogP contribution in [0.25, 0.3) is 55.1 Å². The van der Waals surface area contributed by atoms with E-state index in [0.717, 1.165) is 44.5 Å². The van der Waals surface area contributed by atoms with Crippen LogP contribution in [0.1, 0.15) is 32.2 Å². The molecule has 0 saturated carbocycles. The van der Waals surface area contributed by atoms with E-state index in [2.05, 4.69) is 110 Å². The average Bonchev–Trinajstić information content (AvgIpc) is 3.23. The van der Waals surface area contributed by atoms with Gasteiger partial charge in [0.25, 0.3) is 0 Å². The first-order chi connectivity index (χ1) is 16.8. The fraction of sp³-hybridized carbons (Fsp3) is 0.156. The minimum absolute atomic E-state index is 0.606. The summed E-state index contributed by atoms with van der Waals surface area (Å²) >= 11 is 0. The predicted octanol–water partition coefficient (Wildman–Crippen LogP) is 8.33. The SMILES string of the molecule is [2H]C(C)(C)c1ccc(-c2cc[n+](C)c(-c3c(C)ccc4c3oc3ccc5ccccc5c34)c2)cc1. The Bertz CT molecular complexity index is 1740. The zero-order valence-corrected chi connectivity index (χ0v) is 20.0. The highest BCUT2D eigenvalue weighted by Gasteiger charge is 2.22. The molecule has 4 aromatic carbocycles. The lowest BCUT2D eigenvalue weighted by Crippen LogP contribution is -2.30. The number of nitrogens with zero attached hydrogens (tertiary/aromatic N) is 1. The summed E-state index contributed by atoms with van der Waals surface area (Å²) in [4.78, 5) is 0. The van der Waals surface area contributed by atoms with E-state index in [1.807, 2.05) is 13.8 Å². The number of rotatable bonds is 3. The molecule has 2 aromatic heterocycles. The van der Waals surface area contributed by atoms with Crippen molar-refractivity contribution in [3.63, 3.8) is 0 Å². The van der Waals surface area contributed by atoms with Gasteiger partial charge in [0, 0.05) is 24.3 Å². The molecule has 0 unspecified atom stereocenters. The topological polar surface area (TPSA) is 17.0 Å². The second-order valence-electron chi connectivity index (χ2n) is 9.38. The second-order valence-corrected chi connectivity index (χ2v) is 9.38. The van der Waals surface area contributed by atoms with Gasteiger partial charge in [-0.25, -0.2) is 4.57 Å². The molecule has 6 aromatic rings. The number of aryl methyl sites for hydroxylation is 2. The van der Waals surface area contributed by atoms with Gasteiger partial charge < -0.3 is 4.42 Å². The Labute approximate surface area is 201 Å². The summed E-state index contributed by atoms with van der Waals surface area (Å²) in [6, 6.07) is 29.9. The molecule has 6 rings (SSSR count). The van der Waals surface area contributed by atoms with Gasteiger partial charge in [0.2, 0.25) is 5.69 Å². The normalized spacial score (nSPS) is 12.5. The molecule has 2 heteroatoms. The highest BCUT2D eigenvalue weighted by molar-refractivity contribution is 6.20. The molecule has 166 valence electrons. The molecule has 2 nitrogen and oxygen atoms in total. The third-order valence-electron chi connectivity index (χ3n) is 6.94. The molecule has 0 atom stereocenters.